The molecule has 0 aliphatic heterocycles. The first-order valence-electron chi connectivity index (χ1n) is 5.70. The number of nitrogens with zero attached hydrogens (tertiary/aromatic N) is 1. The number of nitrogens with one attached hydrogen (secondary N) is 1. The van der Waals surface area contributed by atoms with Crippen LogP contribution >= 0.6 is 11.6 Å². The van der Waals surface area contributed by atoms with Crippen LogP contribution in [0.25, 0.3) is 0 Å². The molecule has 0 aliphatic carbocycles. The second-order valence-electron chi connectivity index (χ2n) is 3.90. The van der Waals surface area contributed by atoms with Gasteiger partial charge in [0, 0.05) is 12.1 Å². The average molecular weight is 297 g/mol. The number of hydrogen-bond acceptors (Lipinski definition) is 3. The Kier molecular flexibility index (Phi) is 4.39. The zero-order valence-corrected chi connectivity index (χ0v) is 11.7. The predicted octanol–water partition coefficient (Wildman–Crippen LogP) is 2.66. The van der Waals surface area contributed by atoms with Gasteiger partial charge in [-0.15, -0.1) is 11.6 Å². The first kappa shape index (κ1) is 13.8. The van der Waals surface area contributed by atoms with Crippen molar-refractivity contribution in [1.82, 2.24) is 4.98 Å². The number of alkyl halides is 1. The maximum Gasteiger partial charge on any atom is 0.263 e. The van der Waals surface area contributed by atoms with Gasteiger partial charge in [-0.1, -0.05) is 18.2 Å². The maximum atomic E-state index is 12.1. The first-order chi connectivity index (χ1) is 9.12. The monoisotopic (exact) mass is 296 g/mol. The number of aromatic nitrogens is 1. The van der Waals surface area contributed by atoms with Crippen molar-refractivity contribution in [3.8, 4) is 0 Å². The molecule has 0 fully saturated rings. The number of halogens is 1. The quantitative estimate of drug-likeness (QED) is 0.863. The van der Waals surface area contributed by atoms with Crippen molar-refractivity contribution < 1.29 is 8.42 Å². The van der Waals surface area contributed by atoms with Crippen LogP contribution in [0.2, 0.25) is 0 Å². The van der Waals surface area contributed by atoms with Gasteiger partial charge in [-0.3, -0.25) is 4.72 Å². The standard InChI is InChI=1S/C13H13ClN2O2S/c14-9-8-11-4-6-12(7-5-11)19(17,18)16-13-3-1-2-10-15-13/h1-7,10H,8-9H2,(H,15,16). The summed E-state index contributed by atoms with van der Waals surface area (Å²) in [6, 6.07) is 11.7. The highest BCUT2D eigenvalue weighted by molar-refractivity contribution is 7.92. The average Bonchev–Trinajstić information content (AvgIpc) is 2.40. The molecule has 0 amide bonds. The second kappa shape index (κ2) is 6.04. The van der Waals surface area contributed by atoms with Crippen LogP contribution < -0.4 is 4.72 Å². The molecular weight excluding hydrogens is 284 g/mol. The molecule has 0 atom stereocenters. The molecule has 0 unspecified atom stereocenters. The molecule has 100 valence electrons. The fourth-order valence-corrected chi connectivity index (χ4v) is 2.79. The van der Waals surface area contributed by atoms with E-state index in [2.05, 4.69) is 9.71 Å². The molecule has 2 aromatic rings. The fourth-order valence-electron chi connectivity index (χ4n) is 1.56. The van der Waals surface area contributed by atoms with Crippen molar-refractivity contribution in [2.45, 2.75) is 11.3 Å². The molecule has 2 rings (SSSR count). The molecule has 19 heavy (non-hydrogen) atoms. The molecule has 1 N–H and O–H groups in total. The third kappa shape index (κ3) is 3.68. The Morgan fingerprint density at radius 3 is 2.42 bits per heavy atom. The number of pyridine rings is 1. The molecule has 1 aromatic carbocycles. The molecule has 0 radical (unpaired) electrons. The van der Waals surface area contributed by atoms with Gasteiger partial charge in [0.1, 0.15) is 5.82 Å². The zero-order chi connectivity index (χ0) is 13.7. The smallest absolute Gasteiger partial charge is 0.263 e. The van der Waals surface area contributed by atoms with Gasteiger partial charge in [0.05, 0.1) is 4.90 Å². The van der Waals surface area contributed by atoms with Gasteiger partial charge >= 0.3 is 0 Å². The summed E-state index contributed by atoms with van der Waals surface area (Å²) in [7, 11) is -3.59. The molecule has 6 heteroatoms. The van der Waals surface area contributed by atoms with Crippen molar-refractivity contribution in [1.29, 1.82) is 0 Å². The summed E-state index contributed by atoms with van der Waals surface area (Å²) in [5, 5.41) is 0. The number of sulfonamides is 1. The van der Waals surface area contributed by atoms with Crippen molar-refractivity contribution >= 4 is 27.4 Å². The van der Waals surface area contributed by atoms with Crippen LogP contribution in [0.15, 0.2) is 53.6 Å². The van der Waals surface area contributed by atoms with E-state index in [4.69, 9.17) is 11.6 Å². The van der Waals surface area contributed by atoms with Gasteiger partial charge < -0.3 is 0 Å². The number of aryl methyl sites for hydroxylation is 1. The Balaban J connectivity index is 2.20. The van der Waals surface area contributed by atoms with Gasteiger partial charge in [-0.25, -0.2) is 13.4 Å². The third-order valence-electron chi connectivity index (χ3n) is 2.52. The molecule has 0 aliphatic rings. The van der Waals surface area contributed by atoms with Crippen molar-refractivity contribution in [2.24, 2.45) is 0 Å². The van der Waals surface area contributed by atoms with E-state index < -0.39 is 10.0 Å². The van der Waals surface area contributed by atoms with E-state index in [1.165, 1.54) is 6.20 Å². The molecule has 0 bridgehead atoms. The number of anilines is 1. The minimum Gasteiger partial charge on any atom is -0.263 e. The maximum absolute atomic E-state index is 12.1. The van der Waals surface area contributed by atoms with Crippen LogP contribution in [0.5, 0.6) is 0 Å². The SMILES string of the molecule is O=S(=O)(Nc1ccccn1)c1ccc(CCCl)cc1. The highest BCUT2D eigenvalue weighted by Gasteiger charge is 2.14. The summed E-state index contributed by atoms with van der Waals surface area (Å²) in [6.45, 7) is 0. The predicted molar refractivity (Wildman–Crippen MR) is 75.9 cm³/mol. The lowest BCUT2D eigenvalue weighted by Crippen LogP contribution is -2.13. The number of hydrogen-bond donors (Lipinski definition) is 1. The number of benzene rings is 1. The summed E-state index contributed by atoms with van der Waals surface area (Å²) >= 11 is 5.63. The zero-order valence-electron chi connectivity index (χ0n) is 10.1. The van der Waals surface area contributed by atoms with Crippen molar-refractivity contribution in [2.75, 3.05) is 10.6 Å². The third-order valence-corrected chi connectivity index (χ3v) is 4.08. The molecule has 0 saturated heterocycles. The van der Waals surface area contributed by atoms with E-state index in [0.29, 0.717) is 11.7 Å². The summed E-state index contributed by atoms with van der Waals surface area (Å²) in [5.41, 5.74) is 1.01. The van der Waals surface area contributed by atoms with Gasteiger partial charge in [0.15, 0.2) is 0 Å². The van der Waals surface area contributed by atoms with Gasteiger partial charge in [-0.05, 0) is 36.2 Å². The fraction of sp³-hybridized carbons (Fsp3) is 0.154. The summed E-state index contributed by atoms with van der Waals surface area (Å²) in [6.07, 6.45) is 2.25. The lowest BCUT2D eigenvalue weighted by atomic mass is 10.2. The molecule has 1 heterocycles. The van der Waals surface area contributed by atoms with E-state index in [0.717, 1.165) is 12.0 Å². The lowest BCUT2D eigenvalue weighted by molar-refractivity contribution is 0.601. The van der Waals surface area contributed by atoms with Gasteiger partial charge in [0.25, 0.3) is 10.0 Å². The Bertz CT molecular complexity index is 627. The van der Waals surface area contributed by atoms with E-state index in [-0.39, 0.29) is 4.90 Å². The molecule has 4 nitrogen and oxygen atoms in total. The molecule has 0 saturated carbocycles. The van der Waals surface area contributed by atoms with Crippen LogP contribution in [0, 0.1) is 0 Å². The van der Waals surface area contributed by atoms with Gasteiger partial charge in [0.2, 0.25) is 0 Å². The summed E-state index contributed by atoms with van der Waals surface area (Å²) < 4.78 is 26.6. The molecule has 0 spiro atoms. The molecular formula is C13H13ClN2O2S. The lowest BCUT2D eigenvalue weighted by Gasteiger charge is -2.07. The van der Waals surface area contributed by atoms with E-state index in [1.54, 1.807) is 42.5 Å². The Hall–Kier alpha value is -1.59. The summed E-state index contributed by atoms with van der Waals surface area (Å²) in [5.74, 6) is 0.811. The van der Waals surface area contributed by atoms with Crippen LogP contribution in [-0.4, -0.2) is 19.3 Å². The Labute approximate surface area is 117 Å². The Morgan fingerprint density at radius 2 is 1.84 bits per heavy atom. The second-order valence-corrected chi connectivity index (χ2v) is 5.96. The van der Waals surface area contributed by atoms with Crippen molar-refractivity contribution in [3.63, 3.8) is 0 Å². The Morgan fingerprint density at radius 1 is 1.11 bits per heavy atom. The van der Waals surface area contributed by atoms with E-state index in [9.17, 15) is 8.42 Å². The van der Waals surface area contributed by atoms with E-state index >= 15 is 0 Å². The van der Waals surface area contributed by atoms with Crippen molar-refractivity contribution in [3.05, 3.63) is 54.2 Å². The van der Waals surface area contributed by atoms with E-state index in [1.807, 2.05) is 0 Å². The highest BCUT2D eigenvalue weighted by atomic mass is 35.5. The largest absolute Gasteiger partial charge is 0.263 e. The molecule has 1 aromatic heterocycles. The van der Waals surface area contributed by atoms with Crippen LogP contribution in [0.1, 0.15) is 5.56 Å². The minimum atomic E-state index is -3.59. The highest BCUT2D eigenvalue weighted by Crippen LogP contribution is 2.15. The summed E-state index contributed by atoms with van der Waals surface area (Å²) in [4.78, 5) is 4.13. The van der Waals surface area contributed by atoms with Crippen LogP contribution in [-0.2, 0) is 16.4 Å². The minimum absolute atomic E-state index is 0.205. The van der Waals surface area contributed by atoms with Gasteiger partial charge in [-0.2, -0.15) is 0 Å². The topological polar surface area (TPSA) is 59.1 Å². The number of rotatable bonds is 5. The normalized spacial score (nSPS) is 11.2. The first-order valence-corrected chi connectivity index (χ1v) is 7.72. The van der Waals surface area contributed by atoms with Crippen LogP contribution in [0.3, 0.4) is 0 Å². The van der Waals surface area contributed by atoms with Crippen LogP contribution in [0.4, 0.5) is 5.82 Å².